The second-order valence-corrected chi connectivity index (χ2v) is 4.45. The zero-order chi connectivity index (χ0) is 14.4. The summed E-state index contributed by atoms with van der Waals surface area (Å²) in [5.74, 6) is -0.185. The molecule has 0 unspecified atom stereocenters. The van der Waals surface area contributed by atoms with Crippen LogP contribution in [0.15, 0.2) is 66.7 Å². The summed E-state index contributed by atoms with van der Waals surface area (Å²) in [4.78, 5) is 0. The first-order valence-electron chi connectivity index (χ1n) is 6.62. The van der Waals surface area contributed by atoms with Gasteiger partial charge in [0.05, 0.1) is 0 Å². The van der Waals surface area contributed by atoms with Gasteiger partial charge in [0, 0.05) is 5.56 Å². The summed E-state index contributed by atoms with van der Waals surface area (Å²) in [7, 11) is 0. The summed E-state index contributed by atoms with van der Waals surface area (Å²) in [6.07, 6.45) is 0.603. The zero-order valence-electron chi connectivity index (χ0n) is 11.4. The first-order chi connectivity index (χ1) is 9.72. The van der Waals surface area contributed by atoms with Crippen LogP contribution in [0.4, 0.5) is 4.39 Å². The Bertz CT molecular complexity index is 624. The number of aryl methyl sites for hydroxylation is 1. The summed E-state index contributed by atoms with van der Waals surface area (Å²) in [5, 5.41) is 9.91. The van der Waals surface area contributed by atoms with Crippen LogP contribution in [0.1, 0.15) is 12.5 Å². The molecule has 1 nitrogen and oxygen atoms in total. The summed E-state index contributed by atoms with van der Waals surface area (Å²) in [6, 6.07) is 19.7. The van der Waals surface area contributed by atoms with Crippen molar-refractivity contribution in [3.8, 4) is 16.9 Å². The number of halogens is 1. The van der Waals surface area contributed by atoms with E-state index in [-0.39, 0.29) is 11.6 Å². The fraction of sp³-hybridized carbons (Fsp3) is 0.111. The van der Waals surface area contributed by atoms with E-state index in [1.54, 1.807) is 0 Å². The van der Waals surface area contributed by atoms with Crippen molar-refractivity contribution in [1.82, 2.24) is 0 Å². The molecule has 0 spiro atoms. The summed E-state index contributed by atoms with van der Waals surface area (Å²) >= 11 is 0. The van der Waals surface area contributed by atoms with Crippen molar-refractivity contribution < 1.29 is 9.50 Å². The van der Waals surface area contributed by atoms with Gasteiger partial charge in [0.1, 0.15) is 11.6 Å². The lowest BCUT2D eigenvalue weighted by atomic mass is 10.0. The Morgan fingerprint density at radius 1 is 0.900 bits per heavy atom. The third kappa shape index (κ3) is 3.35. The molecule has 0 radical (unpaired) electrons. The highest BCUT2D eigenvalue weighted by molar-refractivity contribution is 5.66. The molecule has 1 N–H and O–H groups in total. The summed E-state index contributed by atoms with van der Waals surface area (Å²) in [6.45, 7) is 1.89. The molecule has 0 aromatic heterocycles. The van der Waals surface area contributed by atoms with E-state index in [0.717, 1.165) is 5.56 Å². The highest BCUT2D eigenvalue weighted by Gasteiger charge is 2.09. The minimum absolute atomic E-state index is 0.134. The van der Waals surface area contributed by atoms with Crippen molar-refractivity contribution in [3.63, 3.8) is 0 Å². The van der Waals surface area contributed by atoms with E-state index in [4.69, 9.17) is 0 Å². The minimum Gasteiger partial charge on any atom is -0.508 e. The van der Waals surface area contributed by atoms with Gasteiger partial charge in [0.15, 0.2) is 0 Å². The number of benzene rings is 1. The van der Waals surface area contributed by atoms with Crippen molar-refractivity contribution in [2.75, 3.05) is 0 Å². The lowest BCUT2D eigenvalue weighted by Gasteiger charge is -2.07. The van der Waals surface area contributed by atoms with Crippen LogP contribution in [-0.2, 0) is 6.42 Å². The Hall–Kier alpha value is -2.35. The maximum Gasteiger partial charge on any atom is 0.131 e. The molecule has 0 amide bonds. The van der Waals surface area contributed by atoms with Gasteiger partial charge in [0.2, 0.25) is 0 Å². The topological polar surface area (TPSA) is 20.2 Å². The van der Waals surface area contributed by atoms with E-state index >= 15 is 0 Å². The van der Waals surface area contributed by atoms with E-state index < -0.39 is 0 Å². The van der Waals surface area contributed by atoms with Crippen LogP contribution < -0.4 is 0 Å². The number of phenolic OH excluding ortho intramolecular Hbond substituents is 1. The molecule has 0 aliphatic carbocycles. The van der Waals surface area contributed by atoms with E-state index in [1.807, 2.05) is 61.5 Å². The van der Waals surface area contributed by atoms with E-state index in [1.165, 1.54) is 12.1 Å². The molecule has 2 aromatic rings. The third-order valence-electron chi connectivity index (χ3n) is 3.08. The van der Waals surface area contributed by atoms with Crippen LogP contribution in [0.5, 0.6) is 5.75 Å². The van der Waals surface area contributed by atoms with Crippen molar-refractivity contribution in [2.45, 2.75) is 13.3 Å². The van der Waals surface area contributed by atoms with Gasteiger partial charge >= 0.3 is 0 Å². The fourth-order valence-corrected chi connectivity index (χ4v) is 1.98. The van der Waals surface area contributed by atoms with Gasteiger partial charge in [-0.05, 0) is 29.7 Å². The maximum atomic E-state index is 14.2. The van der Waals surface area contributed by atoms with Crippen molar-refractivity contribution in [2.24, 2.45) is 0 Å². The molecular weight excluding hydrogens is 251 g/mol. The van der Waals surface area contributed by atoms with Gasteiger partial charge in [-0.15, -0.1) is 0 Å². The lowest BCUT2D eigenvalue weighted by Crippen LogP contribution is -1.89. The molecule has 0 saturated heterocycles. The molecule has 0 aliphatic heterocycles. The number of aromatic hydroxyl groups is 1. The number of phenols is 1. The van der Waals surface area contributed by atoms with E-state index in [9.17, 15) is 9.50 Å². The fourth-order valence-electron chi connectivity index (χ4n) is 1.98. The predicted molar refractivity (Wildman–Crippen MR) is 80.5 cm³/mol. The standard InChI is InChI=1S/C18H17FO/c1-2-14-12-17(19)16(13-18(14)20)15-10-8-6-4-3-5-7-9-11-15/h3-13,20H,2H2,1H3. The van der Waals surface area contributed by atoms with Gasteiger partial charge < -0.3 is 5.11 Å². The molecule has 2 rings (SSSR count). The molecular formula is C18H17FO. The second kappa shape index (κ2) is 6.71. The van der Waals surface area contributed by atoms with Crippen LogP contribution in [0.25, 0.3) is 11.1 Å². The van der Waals surface area contributed by atoms with Gasteiger partial charge in [-0.1, -0.05) is 61.5 Å². The quantitative estimate of drug-likeness (QED) is 0.822. The zero-order valence-corrected chi connectivity index (χ0v) is 11.4. The average Bonchev–Trinajstić information content (AvgIpc) is 2.46. The van der Waals surface area contributed by atoms with E-state index in [0.29, 0.717) is 17.5 Å². The van der Waals surface area contributed by atoms with Crippen molar-refractivity contribution in [1.29, 1.82) is 0 Å². The molecule has 0 saturated carbocycles. The highest BCUT2D eigenvalue weighted by atomic mass is 19.1. The van der Waals surface area contributed by atoms with Gasteiger partial charge in [-0.2, -0.15) is 0 Å². The number of rotatable bonds is 2. The molecule has 102 valence electrons. The second-order valence-electron chi connectivity index (χ2n) is 4.45. The van der Waals surface area contributed by atoms with Gasteiger partial charge in [-0.3, -0.25) is 0 Å². The molecule has 0 fully saturated rings. The molecule has 0 aliphatic rings. The Morgan fingerprint density at radius 2 is 1.45 bits per heavy atom. The van der Waals surface area contributed by atoms with Gasteiger partial charge in [0.25, 0.3) is 0 Å². The highest BCUT2D eigenvalue weighted by Crippen LogP contribution is 2.29. The molecule has 20 heavy (non-hydrogen) atoms. The first kappa shape index (κ1) is 14.1. The number of hydrogen-bond acceptors (Lipinski definition) is 1. The van der Waals surface area contributed by atoms with Gasteiger partial charge in [-0.25, -0.2) is 4.39 Å². The van der Waals surface area contributed by atoms with Crippen molar-refractivity contribution >= 4 is 0 Å². The molecule has 0 bridgehead atoms. The smallest absolute Gasteiger partial charge is 0.131 e. The van der Waals surface area contributed by atoms with Crippen molar-refractivity contribution in [3.05, 3.63) is 78.1 Å². The van der Waals surface area contributed by atoms with Crippen LogP contribution >= 0.6 is 0 Å². The van der Waals surface area contributed by atoms with E-state index in [2.05, 4.69) is 0 Å². The molecule has 2 aromatic carbocycles. The Morgan fingerprint density at radius 3 is 2.00 bits per heavy atom. The maximum absolute atomic E-state index is 14.2. The lowest BCUT2D eigenvalue weighted by molar-refractivity contribution is 0.466. The van der Waals surface area contributed by atoms with Crippen LogP contribution in [-0.4, -0.2) is 5.11 Å². The van der Waals surface area contributed by atoms with Crippen LogP contribution in [0.3, 0.4) is 0 Å². The number of hydrogen-bond donors (Lipinski definition) is 1. The largest absolute Gasteiger partial charge is 0.508 e. The normalized spacial score (nSPS) is 9.90. The molecule has 0 atom stereocenters. The Labute approximate surface area is 118 Å². The first-order valence-corrected chi connectivity index (χ1v) is 6.62. The SMILES string of the molecule is CCc1cc(F)c(-c2ccccccccc2)cc1O. The molecule has 2 heteroatoms. The summed E-state index contributed by atoms with van der Waals surface area (Å²) < 4.78 is 14.2. The van der Waals surface area contributed by atoms with Crippen LogP contribution in [0.2, 0.25) is 0 Å². The average molecular weight is 268 g/mol. The minimum atomic E-state index is -0.319. The van der Waals surface area contributed by atoms with Crippen LogP contribution in [0, 0.1) is 5.82 Å². The Balaban J connectivity index is 2.59. The predicted octanol–water partition coefficient (Wildman–Crippen LogP) is 4.89. The summed E-state index contributed by atoms with van der Waals surface area (Å²) in [5.41, 5.74) is 1.74. The Kier molecular flexibility index (Phi) is 4.72. The third-order valence-corrected chi connectivity index (χ3v) is 3.08. The monoisotopic (exact) mass is 268 g/mol. The molecule has 0 heterocycles.